The number of nitrogens with one attached hydrogen (secondary N) is 2. The van der Waals surface area contributed by atoms with E-state index in [0.717, 1.165) is 10.8 Å². The number of amides is 2. The maximum Gasteiger partial charge on any atom is 0.263 e. The molecule has 2 rings (SSSR count). The number of carbonyl (C=O) groups excluding carboxylic acids is 2. The van der Waals surface area contributed by atoms with Gasteiger partial charge in [0.2, 0.25) is 5.91 Å². The molecule has 0 aliphatic heterocycles. The summed E-state index contributed by atoms with van der Waals surface area (Å²) in [6, 6.07) is 7.08. The molecule has 2 N–H and O–H groups in total. The zero-order valence-corrected chi connectivity index (χ0v) is 16.6. The normalized spacial score (nSPS) is 11.1. The van der Waals surface area contributed by atoms with Crippen LogP contribution in [0, 0.1) is 6.92 Å². The molecule has 0 aliphatic rings. The first-order valence-corrected chi connectivity index (χ1v) is 9.31. The lowest BCUT2D eigenvalue weighted by molar-refractivity contribution is -0.115. The molecule has 1 heterocycles. The van der Waals surface area contributed by atoms with Crippen LogP contribution in [0.1, 0.15) is 48.1 Å². The standard InChI is InChI=1S/C19H25N3O3S/c1-6-25-14-9-7-13(8-10-14)22-15(23)11-20-17(24)16-12(2)21-18(26-16)19(3,4)5/h7-10H,6,11H2,1-5H3,(H,20,24)(H,22,23). The van der Waals surface area contributed by atoms with Crippen LogP contribution in [0.4, 0.5) is 5.69 Å². The third-order valence-electron chi connectivity index (χ3n) is 3.50. The van der Waals surface area contributed by atoms with Crippen molar-refractivity contribution in [2.24, 2.45) is 0 Å². The molecule has 0 spiro atoms. The van der Waals surface area contributed by atoms with Gasteiger partial charge in [0.1, 0.15) is 10.6 Å². The Morgan fingerprint density at radius 1 is 1.19 bits per heavy atom. The van der Waals surface area contributed by atoms with Crippen molar-refractivity contribution in [3.63, 3.8) is 0 Å². The van der Waals surface area contributed by atoms with Crippen molar-refractivity contribution in [2.45, 2.75) is 40.0 Å². The van der Waals surface area contributed by atoms with Crippen molar-refractivity contribution in [2.75, 3.05) is 18.5 Å². The molecular formula is C19H25N3O3S. The molecule has 0 radical (unpaired) electrons. The number of hydrogen-bond acceptors (Lipinski definition) is 5. The SMILES string of the molecule is CCOc1ccc(NC(=O)CNC(=O)c2sc(C(C)(C)C)nc2C)cc1. The maximum absolute atomic E-state index is 12.3. The van der Waals surface area contributed by atoms with Crippen LogP contribution in [0.15, 0.2) is 24.3 Å². The molecule has 1 aromatic carbocycles. The highest BCUT2D eigenvalue weighted by molar-refractivity contribution is 7.14. The average Bonchev–Trinajstić information content (AvgIpc) is 2.97. The molecule has 1 aromatic heterocycles. The van der Waals surface area contributed by atoms with Gasteiger partial charge >= 0.3 is 0 Å². The second-order valence-electron chi connectivity index (χ2n) is 6.87. The lowest BCUT2D eigenvalue weighted by Gasteiger charge is -2.13. The van der Waals surface area contributed by atoms with Gasteiger partial charge in [0.15, 0.2) is 0 Å². The molecule has 0 atom stereocenters. The highest BCUT2D eigenvalue weighted by Crippen LogP contribution is 2.29. The van der Waals surface area contributed by atoms with Gasteiger partial charge in [0.25, 0.3) is 5.91 Å². The third kappa shape index (κ3) is 5.29. The number of carbonyl (C=O) groups is 2. The van der Waals surface area contributed by atoms with Gasteiger partial charge < -0.3 is 15.4 Å². The number of thiazole rings is 1. The van der Waals surface area contributed by atoms with E-state index >= 15 is 0 Å². The quantitative estimate of drug-likeness (QED) is 0.810. The second-order valence-corrected chi connectivity index (χ2v) is 7.87. The predicted octanol–water partition coefficient (Wildman–Crippen LogP) is 3.52. The van der Waals surface area contributed by atoms with Gasteiger partial charge in [-0.2, -0.15) is 0 Å². The fraction of sp³-hybridized carbons (Fsp3) is 0.421. The largest absolute Gasteiger partial charge is 0.494 e. The molecule has 0 fully saturated rings. The molecule has 2 amide bonds. The van der Waals surface area contributed by atoms with E-state index in [9.17, 15) is 9.59 Å². The van der Waals surface area contributed by atoms with Gasteiger partial charge in [-0.05, 0) is 38.1 Å². The van der Waals surface area contributed by atoms with E-state index < -0.39 is 0 Å². The molecule has 0 bridgehead atoms. The van der Waals surface area contributed by atoms with E-state index in [0.29, 0.717) is 22.9 Å². The van der Waals surface area contributed by atoms with E-state index in [1.807, 2.05) is 6.92 Å². The van der Waals surface area contributed by atoms with Crippen molar-refractivity contribution in [3.8, 4) is 5.75 Å². The first kappa shape index (κ1) is 19.9. The summed E-state index contributed by atoms with van der Waals surface area (Å²) in [5.74, 6) is 0.173. The summed E-state index contributed by atoms with van der Waals surface area (Å²) in [6.07, 6.45) is 0. The van der Waals surface area contributed by atoms with E-state index in [-0.39, 0.29) is 23.8 Å². The summed E-state index contributed by atoms with van der Waals surface area (Å²) in [5, 5.41) is 6.29. The smallest absolute Gasteiger partial charge is 0.263 e. The minimum absolute atomic E-state index is 0.103. The van der Waals surface area contributed by atoms with E-state index in [1.165, 1.54) is 11.3 Å². The molecule has 7 heteroatoms. The second kappa shape index (κ2) is 8.31. The first-order valence-electron chi connectivity index (χ1n) is 8.49. The fourth-order valence-corrected chi connectivity index (χ4v) is 3.22. The van der Waals surface area contributed by atoms with Crippen molar-refractivity contribution in [1.82, 2.24) is 10.3 Å². The number of rotatable bonds is 6. The Labute approximate surface area is 158 Å². The zero-order valence-electron chi connectivity index (χ0n) is 15.8. The number of aryl methyl sites for hydroxylation is 1. The molecule has 6 nitrogen and oxygen atoms in total. The molecule has 0 unspecified atom stereocenters. The zero-order chi connectivity index (χ0) is 19.3. The highest BCUT2D eigenvalue weighted by atomic mass is 32.1. The van der Waals surface area contributed by atoms with Gasteiger partial charge in [-0.1, -0.05) is 20.8 Å². The van der Waals surface area contributed by atoms with Crippen LogP contribution in [0.3, 0.4) is 0 Å². The topological polar surface area (TPSA) is 80.3 Å². The third-order valence-corrected chi connectivity index (χ3v) is 5.08. The van der Waals surface area contributed by atoms with E-state index in [2.05, 4.69) is 36.4 Å². The minimum Gasteiger partial charge on any atom is -0.494 e. The number of anilines is 1. The number of ether oxygens (including phenoxy) is 1. The summed E-state index contributed by atoms with van der Waals surface area (Å²) >= 11 is 1.37. The number of hydrogen-bond donors (Lipinski definition) is 2. The van der Waals surface area contributed by atoms with E-state index in [1.54, 1.807) is 31.2 Å². The van der Waals surface area contributed by atoms with Crippen molar-refractivity contribution in [1.29, 1.82) is 0 Å². The number of nitrogens with zero attached hydrogens (tertiary/aromatic N) is 1. The summed E-state index contributed by atoms with van der Waals surface area (Å²) < 4.78 is 5.36. The van der Waals surface area contributed by atoms with Gasteiger partial charge in [-0.15, -0.1) is 11.3 Å². The Bertz CT molecular complexity index is 776. The molecule has 140 valence electrons. The Balaban J connectivity index is 1.90. The van der Waals surface area contributed by atoms with Crippen LogP contribution in [0.5, 0.6) is 5.75 Å². The van der Waals surface area contributed by atoms with Crippen molar-refractivity contribution < 1.29 is 14.3 Å². The fourth-order valence-electron chi connectivity index (χ4n) is 2.18. The number of benzene rings is 1. The Hall–Kier alpha value is -2.41. The van der Waals surface area contributed by atoms with Gasteiger partial charge in [0.05, 0.1) is 23.9 Å². The summed E-state index contributed by atoms with van der Waals surface area (Å²) in [6.45, 7) is 10.4. The Morgan fingerprint density at radius 2 is 1.85 bits per heavy atom. The first-order chi connectivity index (χ1) is 12.2. The van der Waals surface area contributed by atoms with Crippen LogP contribution in [0.2, 0.25) is 0 Å². The molecule has 26 heavy (non-hydrogen) atoms. The van der Waals surface area contributed by atoms with Gasteiger partial charge in [0, 0.05) is 11.1 Å². The van der Waals surface area contributed by atoms with Crippen molar-refractivity contribution in [3.05, 3.63) is 39.8 Å². The highest BCUT2D eigenvalue weighted by Gasteiger charge is 2.23. The van der Waals surface area contributed by atoms with Crippen LogP contribution < -0.4 is 15.4 Å². The summed E-state index contributed by atoms with van der Waals surface area (Å²) in [7, 11) is 0. The van der Waals surface area contributed by atoms with Crippen LogP contribution in [-0.4, -0.2) is 29.9 Å². The number of aromatic nitrogens is 1. The lowest BCUT2D eigenvalue weighted by Crippen LogP contribution is -2.32. The van der Waals surface area contributed by atoms with Crippen molar-refractivity contribution >= 4 is 28.8 Å². The van der Waals surface area contributed by atoms with Gasteiger partial charge in [-0.3, -0.25) is 9.59 Å². The lowest BCUT2D eigenvalue weighted by atomic mass is 9.98. The molecule has 0 saturated heterocycles. The predicted molar refractivity (Wildman–Crippen MR) is 104 cm³/mol. The molecule has 2 aromatic rings. The van der Waals surface area contributed by atoms with Crippen LogP contribution >= 0.6 is 11.3 Å². The van der Waals surface area contributed by atoms with Gasteiger partial charge in [-0.25, -0.2) is 4.98 Å². The molecular weight excluding hydrogens is 350 g/mol. The Kier molecular flexibility index (Phi) is 6.37. The molecule has 0 saturated carbocycles. The van der Waals surface area contributed by atoms with Crippen LogP contribution in [-0.2, 0) is 10.2 Å². The minimum atomic E-state index is -0.291. The average molecular weight is 375 g/mol. The van der Waals surface area contributed by atoms with Crippen LogP contribution in [0.25, 0.3) is 0 Å². The molecule has 0 aliphatic carbocycles. The monoisotopic (exact) mass is 375 g/mol. The summed E-state index contributed by atoms with van der Waals surface area (Å²) in [5.41, 5.74) is 1.22. The maximum atomic E-state index is 12.3. The van der Waals surface area contributed by atoms with E-state index in [4.69, 9.17) is 4.74 Å². The Morgan fingerprint density at radius 3 is 2.38 bits per heavy atom. The summed E-state index contributed by atoms with van der Waals surface area (Å²) in [4.78, 5) is 29.4.